The van der Waals surface area contributed by atoms with Gasteiger partial charge in [0.15, 0.2) is 5.82 Å². The molecule has 0 bridgehead atoms. The van der Waals surface area contributed by atoms with E-state index in [0.29, 0.717) is 16.8 Å². The number of aromatic hydroxyl groups is 1. The Morgan fingerprint density at radius 1 is 0.839 bits per heavy atom. The Hall–Kier alpha value is -2.91. The van der Waals surface area contributed by atoms with Crippen molar-refractivity contribution < 1.29 is 35.0 Å². The van der Waals surface area contributed by atoms with Crippen molar-refractivity contribution in [2.24, 2.45) is 0 Å². The SMILES string of the molecule is CC1(C)c2ccc(-c3nc(-c4[c-]cccc4)c(F)cc3F)nc2-c2c(O)cccc21.[Pt]. The molecule has 0 saturated heterocycles. The zero-order valence-electron chi connectivity index (χ0n) is 16.7. The summed E-state index contributed by atoms with van der Waals surface area (Å²) in [7, 11) is 0. The van der Waals surface area contributed by atoms with Gasteiger partial charge in [-0.3, -0.25) is 4.98 Å². The van der Waals surface area contributed by atoms with Crippen molar-refractivity contribution in [3.8, 4) is 39.7 Å². The molecule has 0 atom stereocenters. The van der Waals surface area contributed by atoms with Crippen molar-refractivity contribution in [3.05, 3.63) is 89.5 Å². The molecular formula is C25H17F2N2OPt-. The summed E-state index contributed by atoms with van der Waals surface area (Å²) in [5.74, 6) is -1.44. The predicted octanol–water partition coefficient (Wildman–Crippen LogP) is 5.90. The number of pyridine rings is 2. The summed E-state index contributed by atoms with van der Waals surface area (Å²) in [5, 5.41) is 10.5. The molecule has 158 valence electrons. The Morgan fingerprint density at radius 2 is 1.61 bits per heavy atom. The van der Waals surface area contributed by atoms with Crippen LogP contribution >= 0.6 is 0 Å². The molecule has 0 radical (unpaired) electrons. The number of fused-ring (bicyclic) bond motifs is 3. The summed E-state index contributed by atoms with van der Waals surface area (Å²) >= 11 is 0. The fourth-order valence-electron chi connectivity index (χ4n) is 4.12. The molecule has 5 rings (SSSR count). The summed E-state index contributed by atoms with van der Waals surface area (Å²) < 4.78 is 29.1. The van der Waals surface area contributed by atoms with E-state index in [9.17, 15) is 13.9 Å². The van der Waals surface area contributed by atoms with Gasteiger partial charge >= 0.3 is 0 Å². The molecule has 0 saturated carbocycles. The quantitative estimate of drug-likeness (QED) is 0.294. The number of hydrogen-bond acceptors (Lipinski definition) is 3. The number of rotatable bonds is 2. The molecule has 1 aliphatic carbocycles. The monoisotopic (exact) mass is 594 g/mol. The largest absolute Gasteiger partial charge is 0.507 e. The molecule has 2 aromatic carbocycles. The average Bonchev–Trinajstić information content (AvgIpc) is 2.96. The smallest absolute Gasteiger partial charge is 0.152 e. The van der Waals surface area contributed by atoms with Crippen LogP contribution in [0.5, 0.6) is 5.75 Å². The van der Waals surface area contributed by atoms with Gasteiger partial charge in [0.1, 0.15) is 17.3 Å². The Morgan fingerprint density at radius 3 is 2.35 bits per heavy atom. The van der Waals surface area contributed by atoms with Gasteiger partial charge in [0.25, 0.3) is 0 Å². The van der Waals surface area contributed by atoms with Gasteiger partial charge in [0, 0.05) is 43.8 Å². The third-order valence-corrected chi connectivity index (χ3v) is 5.66. The summed E-state index contributed by atoms with van der Waals surface area (Å²) in [4.78, 5) is 8.90. The van der Waals surface area contributed by atoms with Crippen molar-refractivity contribution in [2.45, 2.75) is 19.3 Å². The van der Waals surface area contributed by atoms with E-state index >= 15 is 0 Å². The Labute approximate surface area is 193 Å². The van der Waals surface area contributed by atoms with Crippen LogP contribution in [0.25, 0.3) is 33.9 Å². The van der Waals surface area contributed by atoms with E-state index in [4.69, 9.17) is 0 Å². The van der Waals surface area contributed by atoms with Crippen molar-refractivity contribution >= 4 is 0 Å². The molecule has 4 aromatic rings. The topological polar surface area (TPSA) is 46.0 Å². The van der Waals surface area contributed by atoms with Crippen LogP contribution in [0, 0.1) is 17.7 Å². The summed E-state index contributed by atoms with van der Waals surface area (Å²) in [6.45, 7) is 4.11. The van der Waals surface area contributed by atoms with Gasteiger partial charge in [-0.1, -0.05) is 32.0 Å². The van der Waals surface area contributed by atoms with Crippen molar-refractivity contribution in [1.29, 1.82) is 0 Å². The molecule has 2 aromatic heterocycles. The van der Waals surface area contributed by atoms with E-state index in [0.717, 1.165) is 17.2 Å². The van der Waals surface area contributed by atoms with Gasteiger partial charge in [-0.15, -0.1) is 35.9 Å². The number of benzene rings is 2. The van der Waals surface area contributed by atoms with Crippen LogP contribution in [-0.2, 0) is 26.5 Å². The second-order valence-corrected chi connectivity index (χ2v) is 7.84. The Kier molecular flexibility index (Phi) is 5.26. The first kappa shape index (κ1) is 21.3. The second-order valence-electron chi connectivity index (χ2n) is 7.84. The number of halogens is 2. The normalized spacial score (nSPS) is 13.3. The molecule has 1 aliphatic rings. The summed E-state index contributed by atoms with van der Waals surface area (Å²) in [6, 6.07) is 19.5. The zero-order valence-corrected chi connectivity index (χ0v) is 19.0. The third kappa shape index (κ3) is 3.28. The fourth-order valence-corrected chi connectivity index (χ4v) is 4.12. The molecular weight excluding hydrogens is 577 g/mol. The molecule has 31 heavy (non-hydrogen) atoms. The van der Waals surface area contributed by atoms with Crippen LogP contribution in [0.4, 0.5) is 8.78 Å². The zero-order chi connectivity index (χ0) is 21.0. The molecule has 0 unspecified atom stereocenters. The molecule has 1 N–H and O–H groups in total. The summed E-state index contributed by atoms with van der Waals surface area (Å²) in [6.07, 6.45) is 0. The molecule has 2 heterocycles. The van der Waals surface area contributed by atoms with E-state index in [1.807, 2.05) is 12.1 Å². The Balaban J connectivity index is 0.00000231. The van der Waals surface area contributed by atoms with Crippen molar-refractivity contribution in [3.63, 3.8) is 0 Å². The van der Waals surface area contributed by atoms with E-state index < -0.39 is 11.6 Å². The third-order valence-electron chi connectivity index (χ3n) is 5.66. The van der Waals surface area contributed by atoms with Crippen LogP contribution in [0.2, 0.25) is 0 Å². The minimum absolute atomic E-state index is 0. The van der Waals surface area contributed by atoms with Gasteiger partial charge in [-0.2, -0.15) is 0 Å². The maximum absolute atomic E-state index is 14.7. The molecule has 0 aliphatic heterocycles. The standard InChI is InChI=1S/C25H17F2N2O.Pt/c1-25(2)15-9-6-10-20(30)21(15)23-16(25)11-12-19(28-23)24-18(27)13-17(26)22(29-24)14-7-4-3-5-8-14;/h3-7,9-13,30H,1-2H3;/q-1;. The maximum Gasteiger partial charge on any atom is 0.152 e. The van der Waals surface area contributed by atoms with Crippen LogP contribution < -0.4 is 0 Å². The number of nitrogens with zero attached hydrogens (tertiary/aromatic N) is 2. The van der Waals surface area contributed by atoms with Crippen molar-refractivity contribution in [2.75, 3.05) is 0 Å². The van der Waals surface area contributed by atoms with Crippen LogP contribution in [0.15, 0.2) is 60.7 Å². The average molecular weight is 594 g/mol. The second kappa shape index (κ2) is 7.65. The summed E-state index contributed by atoms with van der Waals surface area (Å²) in [5.41, 5.74) is 3.43. The van der Waals surface area contributed by atoms with E-state index in [2.05, 4.69) is 29.9 Å². The predicted molar refractivity (Wildman–Crippen MR) is 111 cm³/mol. The molecule has 0 amide bonds. The minimum atomic E-state index is -0.797. The maximum atomic E-state index is 14.7. The number of phenolic OH excluding ortho intramolecular Hbond substituents is 1. The van der Waals surface area contributed by atoms with Crippen LogP contribution in [0.3, 0.4) is 0 Å². The molecule has 0 spiro atoms. The first-order chi connectivity index (χ1) is 14.4. The minimum Gasteiger partial charge on any atom is -0.507 e. The fraction of sp³-hybridized carbons (Fsp3) is 0.120. The van der Waals surface area contributed by atoms with Crippen molar-refractivity contribution in [1.82, 2.24) is 9.97 Å². The van der Waals surface area contributed by atoms with Crippen LogP contribution in [0.1, 0.15) is 25.0 Å². The van der Waals surface area contributed by atoms with Crippen LogP contribution in [-0.4, -0.2) is 15.1 Å². The number of aromatic nitrogens is 2. The number of phenols is 1. The van der Waals surface area contributed by atoms with Gasteiger partial charge in [-0.05, 0) is 23.3 Å². The first-order valence-corrected chi connectivity index (χ1v) is 9.56. The van der Waals surface area contributed by atoms with Gasteiger partial charge in [0.2, 0.25) is 0 Å². The van der Waals surface area contributed by atoms with Gasteiger partial charge in [-0.25, -0.2) is 13.8 Å². The van der Waals surface area contributed by atoms with Gasteiger partial charge < -0.3 is 5.11 Å². The molecule has 0 fully saturated rings. The molecule has 3 nitrogen and oxygen atoms in total. The number of hydrogen-bond donors (Lipinski definition) is 1. The van der Waals surface area contributed by atoms with E-state index in [-0.39, 0.29) is 49.3 Å². The molecule has 6 heteroatoms. The van der Waals surface area contributed by atoms with E-state index in [1.54, 1.807) is 42.5 Å². The Bertz CT molecular complexity index is 1310. The van der Waals surface area contributed by atoms with E-state index in [1.165, 1.54) is 0 Å². The first-order valence-electron chi connectivity index (χ1n) is 9.56. The van der Waals surface area contributed by atoms with Gasteiger partial charge in [0.05, 0.1) is 11.4 Å².